The van der Waals surface area contributed by atoms with Gasteiger partial charge in [0.25, 0.3) is 0 Å². The third-order valence-electron chi connectivity index (χ3n) is 7.12. The van der Waals surface area contributed by atoms with Crippen molar-refractivity contribution in [3.63, 3.8) is 0 Å². The number of carbonyl (C=O) groups is 1. The highest BCUT2D eigenvalue weighted by Gasteiger charge is 2.44. The molecule has 0 bridgehead atoms. The first-order chi connectivity index (χ1) is 16.9. The van der Waals surface area contributed by atoms with Crippen molar-refractivity contribution in [2.24, 2.45) is 0 Å². The van der Waals surface area contributed by atoms with E-state index in [1.165, 1.54) is 25.0 Å². The number of aromatic nitrogens is 5. The SMILES string of the molecule is C[C@@]1(C(=O)Cc2ccc(F)cc2O)CCCN1c1nc(Nc2cc(C3CC3)[nH]n2)c2cccn2n1. The number of nitrogens with zero attached hydrogens (tertiary/aromatic N) is 5. The van der Waals surface area contributed by atoms with E-state index >= 15 is 0 Å². The van der Waals surface area contributed by atoms with Gasteiger partial charge in [-0.05, 0) is 50.8 Å². The van der Waals surface area contributed by atoms with E-state index in [4.69, 9.17) is 4.98 Å². The molecule has 1 atom stereocenters. The van der Waals surface area contributed by atoms with Gasteiger partial charge in [0.05, 0.1) is 5.54 Å². The van der Waals surface area contributed by atoms with Crippen LogP contribution in [0, 0.1) is 5.82 Å². The Kier molecular flexibility index (Phi) is 4.98. The van der Waals surface area contributed by atoms with Gasteiger partial charge in [-0.15, -0.1) is 5.10 Å². The summed E-state index contributed by atoms with van der Waals surface area (Å²) in [5, 5.41) is 25.6. The molecule has 2 aliphatic rings. The van der Waals surface area contributed by atoms with Crippen LogP contribution in [0.4, 0.5) is 22.0 Å². The van der Waals surface area contributed by atoms with Crippen molar-refractivity contribution >= 4 is 28.9 Å². The number of benzene rings is 1. The van der Waals surface area contributed by atoms with Crippen LogP contribution in [0.5, 0.6) is 5.75 Å². The molecule has 1 saturated carbocycles. The molecule has 35 heavy (non-hydrogen) atoms. The van der Waals surface area contributed by atoms with Crippen LogP contribution < -0.4 is 10.2 Å². The number of fused-ring (bicyclic) bond motifs is 1. The van der Waals surface area contributed by atoms with Crippen molar-refractivity contribution in [3.05, 3.63) is 59.7 Å². The van der Waals surface area contributed by atoms with Crippen molar-refractivity contribution in [1.82, 2.24) is 24.8 Å². The van der Waals surface area contributed by atoms with Crippen molar-refractivity contribution in [2.45, 2.75) is 50.5 Å². The highest BCUT2D eigenvalue weighted by Crippen LogP contribution is 2.40. The maximum absolute atomic E-state index is 13.5. The van der Waals surface area contributed by atoms with Crippen LogP contribution in [0.3, 0.4) is 0 Å². The Morgan fingerprint density at radius 3 is 2.97 bits per heavy atom. The highest BCUT2D eigenvalue weighted by atomic mass is 19.1. The van der Waals surface area contributed by atoms with E-state index in [1.54, 1.807) is 4.52 Å². The van der Waals surface area contributed by atoms with Crippen molar-refractivity contribution in [2.75, 3.05) is 16.8 Å². The molecule has 0 amide bonds. The summed E-state index contributed by atoms with van der Waals surface area (Å²) in [6.45, 7) is 2.51. The van der Waals surface area contributed by atoms with Crippen LogP contribution in [-0.2, 0) is 11.2 Å². The summed E-state index contributed by atoms with van der Waals surface area (Å²) in [6.07, 6.45) is 5.63. The van der Waals surface area contributed by atoms with E-state index in [-0.39, 0.29) is 18.0 Å². The summed E-state index contributed by atoms with van der Waals surface area (Å²) in [5.41, 5.74) is 1.46. The Morgan fingerprint density at radius 2 is 2.17 bits per heavy atom. The maximum Gasteiger partial charge on any atom is 0.246 e. The van der Waals surface area contributed by atoms with E-state index in [0.29, 0.717) is 42.0 Å². The molecule has 1 aromatic carbocycles. The van der Waals surface area contributed by atoms with Gasteiger partial charge in [-0.25, -0.2) is 8.91 Å². The molecule has 10 heteroatoms. The molecule has 1 aliphatic heterocycles. The van der Waals surface area contributed by atoms with Gasteiger partial charge in [0, 0.05) is 48.5 Å². The second-order valence-electron chi connectivity index (χ2n) is 9.61. The van der Waals surface area contributed by atoms with Crippen LogP contribution in [0.25, 0.3) is 5.52 Å². The molecule has 1 saturated heterocycles. The number of anilines is 3. The number of phenolic OH excluding ortho intramolecular Hbond substituents is 1. The first-order valence-electron chi connectivity index (χ1n) is 11.9. The molecule has 9 nitrogen and oxygen atoms in total. The highest BCUT2D eigenvalue weighted by molar-refractivity contribution is 5.93. The van der Waals surface area contributed by atoms with Gasteiger partial charge in [-0.2, -0.15) is 10.1 Å². The van der Waals surface area contributed by atoms with E-state index < -0.39 is 11.4 Å². The number of ketones is 1. The van der Waals surface area contributed by atoms with Crippen molar-refractivity contribution < 1.29 is 14.3 Å². The summed E-state index contributed by atoms with van der Waals surface area (Å²) in [4.78, 5) is 20.2. The number of phenols is 1. The summed E-state index contributed by atoms with van der Waals surface area (Å²) in [5.74, 6) is 1.45. The topological polar surface area (TPSA) is 111 Å². The van der Waals surface area contributed by atoms with Gasteiger partial charge in [0.2, 0.25) is 5.95 Å². The lowest BCUT2D eigenvalue weighted by atomic mass is 9.89. The number of nitrogens with one attached hydrogen (secondary N) is 2. The lowest BCUT2D eigenvalue weighted by Crippen LogP contribution is -2.49. The molecule has 3 N–H and O–H groups in total. The minimum Gasteiger partial charge on any atom is -0.508 e. The van der Waals surface area contributed by atoms with E-state index in [0.717, 1.165) is 23.7 Å². The molecule has 6 rings (SSSR count). The molecule has 0 unspecified atom stereocenters. The van der Waals surface area contributed by atoms with Gasteiger partial charge in [-0.3, -0.25) is 9.89 Å². The average Bonchev–Trinajstić information content (AvgIpc) is 3.19. The third kappa shape index (κ3) is 3.88. The van der Waals surface area contributed by atoms with Gasteiger partial charge in [-0.1, -0.05) is 6.07 Å². The van der Waals surface area contributed by atoms with Crippen LogP contribution in [0.15, 0.2) is 42.6 Å². The first-order valence-corrected chi connectivity index (χ1v) is 11.9. The Bertz CT molecular complexity index is 1430. The predicted molar refractivity (Wildman–Crippen MR) is 129 cm³/mol. The first kappa shape index (κ1) is 21.6. The average molecular weight is 476 g/mol. The quantitative estimate of drug-likeness (QED) is 0.369. The largest absolute Gasteiger partial charge is 0.508 e. The Balaban J connectivity index is 1.31. The zero-order chi connectivity index (χ0) is 24.2. The third-order valence-corrected chi connectivity index (χ3v) is 7.12. The molecule has 4 heterocycles. The minimum absolute atomic E-state index is 0.00675. The standard InChI is InChI=1S/C25H26FN7O2/c1-25(21(35)12-16-7-8-17(26)13-20(16)34)9-3-10-32(25)24-28-23(19-4-2-11-33(19)31-24)27-22-14-18(29-30-22)15-5-6-15/h2,4,7-8,11,13-15,34H,3,5-6,9-10,12H2,1H3,(H2,27,28,29,30,31)/t25-/m0/s1. The van der Waals surface area contributed by atoms with E-state index in [1.807, 2.05) is 36.2 Å². The van der Waals surface area contributed by atoms with Crippen LogP contribution in [0.2, 0.25) is 0 Å². The number of H-pyrrole nitrogens is 1. The molecule has 3 aromatic heterocycles. The fourth-order valence-corrected chi connectivity index (χ4v) is 4.88. The fourth-order valence-electron chi connectivity index (χ4n) is 4.88. The molecule has 1 aliphatic carbocycles. The number of hydrogen-bond donors (Lipinski definition) is 3. The maximum atomic E-state index is 13.5. The molecule has 180 valence electrons. The lowest BCUT2D eigenvalue weighted by Gasteiger charge is -2.34. The molecule has 4 aromatic rings. The van der Waals surface area contributed by atoms with Crippen LogP contribution in [0.1, 0.15) is 49.8 Å². The predicted octanol–water partition coefficient (Wildman–Crippen LogP) is 4.09. The number of aromatic hydroxyl groups is 1. The molecule has 0 spiro atoms. The van der Waals surface area contributed by atoms with Crippen LogP contribution >= 0.6 is 0 Å². The van der Waals surface area contributed by atoms with Gasteiger partial charge >= 0.3 is 0 Å². The Hall–Kier alpha value is -3.95. The molecular formula is C25H26FN7O2. The van der Waals surface area contributed by atoms with Gasteiger partial charge < -0.3 is 15.3 Å². The fraction of sp³-hybridized carbons (Fsp3) is 0.360. The Morgan fingerprint density at radius 1 is 1.31 bits per heavy atom. The molecular weight excluding hydrogens is 449 g/mol. The molecule has 2 fully saturated rings. The summed E-state index contributed by atoms with van der Waals surface area (Å²) < 4.78 is 15.1. The molecule has 0 radical (unpaired) electrons. The second-order valence-corrected chi connectivity index (χ2v) is 9.61. The summed E-state index contributed by atoms with van der Waals surface area (Å²) in [6, 6.07) is 9.56. The number of rotatable bonds is 7. The monoisotopic (exact) mass is 475 g/mol. The summed E-state index contributed by atoms with van der Waals surface area (Å²) in [7, 11) is 0. The number of hydrogen-bond acceptors (Lipinski definition) is 7. The number of carbonyl (C=O) groups excluding carboxylic acids is 1. The smallest absolute Gasteiger partial charge is 0.246 e. The number of halogens is 1. The van der Waals surface area contributed by atoms with Crippen LogP contribution in [-0.4, -0.2) is 47.8 Å². The number of aromatic amines is 1. The van der Waals surface area contributed by atoms with Crippen molar-refractivity contribution in [1.29, 1.82) is 0 Å². The minimum atomic E-state index is -0.857. The van der Waals surface area contributed by atoms with Crippen molar-refractivity contribution in [3.8, 4) is 5.75 Å². The number of Topliss-reactive ketones (excluding diaryl/α,β-unsaturated/α-hetero) is 1. The van der Waals surface area contributed by atoms with E-state index in [2.05, 4.69) is 20.6 Å². The second kappa shape index (κ2) is 8.07. The van der Waals surface area contributed by atoms with E-state index in [9.17, 15) is 14.3 Å². The Labute approximate surface area is 201 Å². The lowest BCUT2D eigenvalue weighted by molar-refractivity contribution is -0.122. The zero-order valence-electron chi connectivity index (χ0n) is 19.3. The normalized spacial score (nSPS) is 20.0. The zero-order valence-corrected chi connectivity index (χ0v) is 19.3. The van der Waals surface area contributed by atoms with Gasteiger partial charge in [0.1, 0.15) is 17.1 Å². The summed E-state index contributed by atoms with van der Waals surface area (Å²) >= 11 is 0. The van der Waals surface area contributed by atoms with Gasteiger partial charge in [0.15, 0.2) is 17.4 Å².